The summed E-state index contributed by atoms with van der Waals surface area (Å²) in [6, 6.07) is 2.70. The van der Waals surface area contributed by atoms with Crippen molar-refractivity contribution in [3.05, 3.63) is 40.6 Å². The Labute approximate surface area is 139 Å². The molecule has 0 bridgehead atoms. The van der Waals surface area contributed by atoms with Gasteiger partial charge < -0.3 is 10.2 Å². The smallest absolute Gasteiger partial charge is 0.276 e. The number of hydrogen-bond donors (Lipinski definition) is 1. The molecule has 3 heterocycles. The zero-order chi connectivity index (χ0) is 17.1. The molecule has 1 aliphatic rings. The summed E-state index contributed by atoms with van der Waals surface area (Å²) in [6.45, 7) is 4.16. The number of nitrogens with one attached hydrogen (secondary N) is 1. The number of anilines is 2. The van der Waals surface area contributed by atoms with E-state index in [0.717, 1.165) is 36.5 Å². The van der Waals surface area contributed by atoms with Gasteiger partial charge in [-0.05, 0) is 24.8 Å². The van der Waals surface area contributed by atoms with Gasteiger partial charge >= 0.3 is 0 Å². The lowest BCUT2D eigenvalue weighted by Gasteiger charge is -2.30. The molecule has 1 saturated heterocycles. The second-order valence-corrected chi connectivity index (χ2v) is 6.08. The predicted molar refractivity (Wildman–Crippen MR) is 90.1 cm³/mol. The minimum atomic E-state index is -0.409. The third-order valence-corrected chi connectivity index (χ3v) is 4.16. The molecular formula is C16H20N6O2. The Morgan fingerprint density at radius 3 is 2.50 bits per heavy atom. The molecule has 8 heteroatoms. The molecule has 0 unspecified atom stereocenters. The van der Waals surface area contributed by atoms with Crippen LogP contribution in [0.15, 0.2) is 29.3 Å². The largest absolute Gasteiger partial charge is 0.341 e. The highest BCUT2D eigenvalue weighted by molar-refractivity contribution is 6.02. The van der Waals surface area contributed by atoms with Gasteiger partial charge in [0.2, 0.25) is 5.95 Å². The lowest BCUT2D eigenvalue weighted by Crippen LogP contribution is -2.34. The van der Waals surface area contributed by atoms with Gasteiger partial charge in [-0.3, -0.25) is 9.59 Å². The first-order valence-electron chi connectivity index (χ1n) is 7.95. The Kier molecular flexibility index (Phi) is 4.54. The van der Waals surface area contributed by atoms with Crippen molar-refractivity contribution in [2.75, 3.05) is 23.3 Å². The van der Waals surface area contributed by atoms with Crippen molar-refractivity contribution in [3.8, 4) is 0 Å². The number of carbonyl (C=O) groups excluding carboxylic acids is 1. The first-order chi connectivity index (χ1) is 11.5. The molecule has 0 spiro atoms. The number of rotatable bonds is 3. The molecule has 0 aromatic carbocycles. The highest BCUT2D eigenvalue weighted by Gasteiger charge is 2.18. The van der Waals surface area contributed by atoms with E-state index in [9.17, 15) is 9.59 Å². The van der Waals surface area contributed by atoms with Crippen LogP contribution in [0.1, 0.15) is 30.3 Å². The Balaban J connectivity index is 1.66. The van der Waals surface area contributed by atoms with E-state index in [1.807, 2.05) is 0 Å². The summed E-state index contributed by atoms with van der Waals surface area (Å²) in [4.78, 5) is 34.3. The van der Waals surface area contributed by atoms with E-state index in [4.69, 9.17) is 0 Å². The first-order valence-corrected chi connectivity index (χ1v) is 7.95. The van der Waals surface area contributed by atoms with Crippen molar-refractivity contribution in [2.45, 2.75) is 19.8 Å². The minimum Gasteiger partial charge on any atom is -0.341 e. The average molecular weight is 328 g/mol. The fourth-order valence-electron chi connectivity index (χ4n) is 2.58. The highest BCUT2D eigenvalue weighted by atomic mass is 16.2. The van der Waals surface area contributed by atoms with Crippen LogP contribution in [0.4, 0.5) is 11.6 Å². The second-order valence-electron chi connectivity index (χ2n) is 6.08. The van der Waals surface area contributed by atoms with Crippen LogP contribution in [0.3, 0.4) is 0 Å². The van der Waals surface area contributed by atoms with E-state index in [0.29, 0.717) is 11.6 Å². The summed E-state index contributed by atoms with van der Waals surface area (Å²) in [5.74, 6) is 1.02. The summed E-state index contributed by atoms with van der Waals surface area (Å²) < 4.78 is 1.12. The van der Waals surface area contributed by atoms with Gasteiger partial charge in [0.25, 0.3) is 11.5 Å². The number of nitrogens with zero attached hydrogens (tertiary/aromatic N) is 5. The second kappa shape index (κ2) is 6.77. The van der Waals surface area contributed by atoms with Crippen LogP contribution in [-0.2, 0) is 7.05 Å². The maximum Gasteiger partial charge on any atom is 0.276 e. The molecule has 0 atom stereocenters. The monoisotopic (exact) mass is 328 g/mol. The number of piperidine rings is 1. The van der Waals surface area contributed by atoms with Crippen molar-refractivity contribution in [2.24, 2.45) is 13.0 Å². The Hall–Kier alpha value is -2.77. The van der Waals surface area contributed by atoms with Gasteiger partial charge in [-0.15, -0.1) is 0 Å². The van der Waals surface area contributed by atoms with E-state index < -0.39 is 5.91 Å². The fourth-order valence-corrected chi connectivity index (χ4v) is 2.58. The van der Waals surface area contributed by atoms with Crippen LogP contribution in [0, 0.1) is 5.92 Å². The predicted octanol–water partition coefficient (Wildman–Crippen LogP) is 1.06. The summed E-state index contributed by atoms with van der Waals surface area (Å²) in [6.07, 6.45) is 5.45. The van der Waals surface area contributed by atoms with Gasteiger partial charge in [0, 0.05) is 26.2 Å². The number of aryl methyl sites for hydroxylation is 1. The normalized spacial score (nSPS) is 15.3. The zero-order valence-corrected chi connectivity index (χ0v) is 13.8. The summed E-state index contributed by atoms with van der Waals surface area (Å²) in [7, 11) is 1.50. The zero-order valence-electron chi connectivity index (χ0n) is 13.8. The first kappa shape index (κ1) is 16.1. The highest BCUT2D eigenvalue weighted by Crippen LogP contribution is 2.20. The van der Waals surface area contributed by atoms with Crippen LogP contribution in [0.25, 0.3) is 0 Å². The lowest BCUT2D eigenvalue weighted by atomic mass is 10.00. The third kappa shape index (κ3) is 3.58. The van der Waals surface area contributed by atoms with Gasteiger partial charge in [0.05, 0.1) is 18.1 Å². The van der Waals surface area contributed by atoms with Crippen molar-refractivity contribution >= 4 is 17.5 Å². The summed E-state index contributed by atoms with van der Waals surface area (Å²) >= 11 is 0. The van der Waals surface area contributed by atoms with E-state index in [-0.39, 0.29) is 11.3 Å². The van der Waals surface area contributed by atoms with Crippen molar-refractivity contribution in [1.29, 1.82) is 0 Å². The van der Waals surface area contributed by atoms with Crippen LogP contribution in [0.5, 0.6) is 0 Å². The third-order valence-electron chi connectivity index (χ3n) is 4.16. The summed E-state index contributed by atoms with van der Waals surface area (Å²) in [5, 5.41) is 6.59. The SMILES string of the molecule is CC1CCN(c2ncc(NC(=O)c3ccc(=O)n(C)n3)cn2)CC1. The molecule has 1 amide bonds. The molecule has 0 radical (unpaired) electrons. The standard InChI is InChI=1S/C16H20N6O2/c1-11-5-7-22(8-6-11)16-17-9-12(10-18-16)19-15(24)13-3-4-14(23)21(2)20-13/h3-4,9-11H,5-8H2,1-2H3,(H,19,24). The van der Waals surface area contributed by atoms with Gasteiger partial charge in [-0.25, -0.2) is 14.6 Å². The quantitative estimate of drug-likeness (QED) is 0.905. The van der Waals surface area contributed by atoms with Crippen LogP contribution >= 0.6 is 0 Å². The molecule has 24 heavy (non-hydrogen) atoms. The molecule has 0 saturated carbocycles. The summed E-state index contributed by atoms with van der Waals surface area (Å²) in [5.41, 5.74) is 0.381. The van der Waals surface area contributed by atoms with E-state index in [1.54, 1.807) is 12.4 Å². The molecule has 8 nitrogen and oxygen atoms in total. The van der Waals surface area contributed by atoms with E-state index in [2.05, 4.69) is 32.2 Å². The topological polar surface area (TPSA) is 93.0 Å². The van der Waals surface area contributed by atoms with E-state index >= 15 is 0 Å². The molecule has 126 valence electrons. The van der Waals surface area contributed by atoms with Gasteiger partial charge in [-0.1, -0.05) is 6.92 Å². The molecule has 1 N–H and O–H groups in total. The molecule has 1 fully saturated rings. The van der Waals surface area contributed by atoms with Crippen molar-refractivity contribution < 1.29 is 4.79 Å². The number of aromatic nitrogens is 4. The lowest BCUT2D eigenvalue weighted by molar-refractivity contribution is 0.102. The Bertz CT molecular complexity index is 778. The molecular weight excluding hydrogens is 308 g/mol. The van der Waals surface area contributed by atoms with Crippen molar-refractivity contribution in [3.63, 3.8) is 0 Å². The van der Waals surface area contributed by atoms with Crippen LogP contribution in [0.2, 0.25) is 0 Å². The number of hydrogen-bond acceptors (Lipinski definition) is 6. The molecule has 3 rings (SSSR count). The number of carbonyl (C=O) groups is 1. The fraction of sp³-hybridized carbons (Fsp3) is 0.438. The van der Waals surface area contributed by atoms with Gasteiger partial charge in [0.1, 0.15) is 5.69 Å². The molecule has 2 aromatic heterocycles. The maximum absolute atomic E-state index is 12.1. The maximum atomic E-state index is 12.1. The van der Waals surface area contributed by atoms with Gasteiger partial charge in [0.15, 0.2) is 0 Å². The molecule has 1 aliphatic heterocycles. The van der Waals surface area contributed by atoms with Gasteiger partial charge in [-0.2, -0.15) is 5.10 Å². The Morgan fingerprint density at radius 2 is 1.88 bits per heavy atom. The van der Waals surface area contributed by atoms with E-state index in [1.165, 1.54) is 19.2 Å². The Morgan fingerprint density at radius 1 is 1.21 bits per heavy atom. The van der Waals surface area contributed by atoms with Crippen molar-refractivity contribution in [1.82, 2.24) is 19.7 Å². The van der Waals surface area contributed by atoms with Crippen LogP contribution < -0.4 is 15.8 Å². The average Bonchev–Trinajstić information content (AvgIpc) is 2.59. The minimum absolute atomic E-state index is 0.159. The number of amides is 1. The van der Waals surface area contributed by atoms with Crippen LogP contribution in [-0.4, -0.2) is 38.7 Å². The molecule has 0 aliphatic carbocycles. The molecule has 2 aromatic rings.